The zero-order valence-electron chi connectivity index (χ0n) is 10.2. The number of amides is 1. The lowest BCUT2D eigenvalue weighted by molar-refractivity contribution is -0.385. The Morgan fingerprint density at radius 3 is 3.00 bits per heavy atom. The molecule has 1 aromatic rings. The molecule has 1 heterocycles. The molecular weight excluding hydrogens is 314 g/mol. The summed E-state index contributed by atoms with van der Waals surface area (Å²) in [6.45, 7) is 1.01. The van der Waals surface area contributed by atoms with Crippen LogP contribution in [0, 0.1) is 10.1 Å². The minimum atomic E-state index is -0.414. The number of nitro benzene ring substituents is 1. The zero-order valence-corrected chi connectivity index (χ0v) is 11.8. The van der Waals surface area contributed by atoms with Crippen LogP contribution in [0.1, 0.15) is 18.4 Å². The maximum absolute atomic E-state index is 11.6. The Balaban J connectivity index is 2.06. The lowest BCUT2D eigenvalue weighted by atomic mass is 10.1. The highest BCUT2D eigenvalue weighted by molar-refractivity contribution is 9.10. The second-order valence-electron chi connectivity index (χ2n) is 4.40. The monoisotopic (exact) mass is 327 g/mol. The summed E-state index contributed by atoms with van der Waals surface area (Å²) in [5.74, 6) is -0.0361. The summed E-state index contributed by atoms with van der Waals surface area (Å²) < 4.78 is 0.665. The first-order valence-corrected chi connectivity index (χ1v) is 6.81. The highest BCUT2D eigenvalue weighted by Gasteiger charge is 2.22. The van der Waals surface area contributed by atoms with Crippen LogP contribution in [0.3, 0.4) is 0 Å². The number of hydrogen-bond acceptors (Lipinski definition) is 4. The molecule has 1 aromatic carbocycles. The molecule has 0 aliphatic carbocycles. The molecule has 2 rings (SSSR count). The van der Waals surface area contributed by atoms with E-state index >= 15 is 0 Å². The Morgan fingerprint density at radius 2 is 2.32 bits per heavy atom. The van der Waals surface area contributed by atoms with Gasteiger partial charge >= 0.3 is 0 Å². The van der Waals surface area contributed by atoms with Gasteiger partial charge in [-0.05, 0) is 25.0 Å². The average Bonchev–Trinajstić information content (AvgIpc) is 2.38. The predicted octanol–water partition coefficient (Wildman–Crippen LogP) is 1.73. The molecule has 1 aliphatic heterocycles. The summed E-state index contributed by atoms with van der Waals surface area (Å²) in [7, 11) is 0. The van der Waals surface area contributed by atoms with Crippen molar-refractivity contribution in [1.29, 1.82) is 0 Å². The lowest BCUT2D eigenvalue weighted by Crippen LogP contribution is -2.47. The standard InChI is InChI=1S/C12H14BrN3O3/c13-9-4-3-8(11(6-9)16(18)19)7-15-10-2-1-5-14-12(10)17/h3-4,6,10,15H,1-2,5,7H2,(H,14,17). The van der Waals surface area contributed by atoms with Crippen molar-refractivity contribution in [1.82, 2.24) is 10.6 Å². The van der Waals surface area contributed by atoms with Crippen LogP contribution in [0.15, 0.2) is 22.7 Å². The first-order chi connectivity index (χ1) is 9.08. The van der Waals surface area contributed by atoms with E-state index in [4.69, 9.17) is 0 Å². The van der Waals surface area contributed by atoms with Crippen molar-refractivity contribution in [2.24, 2.45) is 0 Å². The van der Waals surface area contributed by atoms with Gasteiger partial charge in [-0.2, -0.15) is 0 Å². The number of nitrogens with zero attached hydrogens (tertiary/aromatic N) is 1. The summed E-state index contributed by atoms with van der Waals surface area (Å²) in [5, 5.41) is 16.8. The second kappa shape index (κ2) is 6.12. The van der Waals surface area contributed by atoms with Crippen molar-refractivity contribution >= 4 is 27.5 Å². The number of hydrogen-bond donors (Lipinski definition) is 2. The highest BCUT2D eigenvalue weighted by Crippen LogP contribution is 2.23. The Kier molecular flexibility index (Phi) is 4.49. The number of carbonyl (C=O) groups excluding carboxylic acids is 1. The topological polar surface area (TPSA) is 84.3 Å². The number of rotatable bonds is 4. The Morgan fingerprint density at radius 1 is 1.53 bits per heavy atom. The van der Waals surface area contributed by atoms with E-state index in [1.165, 1.54) is 6.07 Å². The van der Waals surface area contributed by atoms with E-state index in [0.717, 1.165) is 12.8 Å². The summed E-state index contributed by atoms with van der Waals surface area (Å²) in [6.07, 6.45) is 1.68. The molecule has 1 amide bonds. The molecule has 0 aromatic heterocycles. The van der Waals surface area contributed by atoms with Gasteiger partial charge in [-0.3, -0.25) is 14.9 Å². The van der Waals surface area contributed by atoms with E-state index < -0.39 is 4.92 Å². The van der Waals surface area contributed by atoms with Gasteiger partial charge in [-0.25, -0.2) is 0 Å². The van der Waals surface area contributed by atoms with Gasteiger partial charge in [0.2, 0.25) is 5.91 Å². The van der Waals surface area contributed by atoms with E-state index in [9.17, 15) is 14.9 Å². The Bertz CT molecular complexity index is 507. The molecule has 1 aliphatic rings. The maximum atomic E-state index is 11.6. The molecule has 19 heavy (non-hydrogen) atoms. The second-order valence-corrected chi connectivity index (χ2v) is 5.31. The summed E-state index contributed by atoms with van der Waals surface area (Å²) in [4.78, 5) is 22.1. The minimum Gasteiger partial charge on any atom is -0.355 e. The Hall–Kier alpha value is -1.47. The van der Waals surface area contributed by atoms with Gasteiger partial charge in [0.25, 0.3) is 5.69 Å². The van der Waals surface area contributed by atoms with Crippen molar-refractivity contribution in [3.63, 3.8) is 0 Å². The number of nitrogens with one attached hydrogen (secondary N) is 2. The van der Waals surface area contributed by atoms with Gasteiger partial charge in [0.1, 0.15) is 0 Å². The van der Waals surface area contributed by atoms with E-state index in [0.29, 0.717) is 23.1 Å². The molecule has 102 valence electrons. The van der Waals surface area contributed by atoms with Crippen molar-refractivity contribution < 1.29 is 9.72 Å². The van der Waals surface area contributed by atoms with Crippen LogP contribution in [-0.2, 0) is 11.3 Å². The number of halogens is 1. The number of piperidine rings is 1. The molecule has 0 saturated carbocycles. The molecule has 1 atom stereocenters. The van der Waals surface area contributed by atoms with Crippen LogP contribution in [0.5, 0.6) is 0 Å². The maximum Gasteiger partial charge on any atom is 0.275 e. The highest BCUT2D eigenvalue weighted by atomic mass is 79.9. The normalized spacial score (nSPS) is 19.0. The molecule has 1 saturated heterocycles. The van der Waals surface area contributed by atoms with E-state index in [-0.39, 0.29) is 17.6 Å². The molecule has 0 bridgehead atoms. The van der Waals surface area contributed by atoms with Crippen molar-refractivity contribution in [3.8, 4) is 0 Å². The minimum absolute atomic E-state index is 0.0361. The van der Waals surface area contributed by atoms with Gasteiger partial charge in [0.15, 0.2) is 0 Å². The lowest BCUT2D eigenvalue weighted by Gasteiger charge is -2.22. The third kappa shape index (κ3) is 3.51. The number of benzene rings is 1. The molecule has 6 nitrogen and oxygen atoms in total. The van der Waals surface area contributed by atoms with Gasteiger partial charge in [-0.15, -0.1) is 0 Å². The predicted molar refractivity (Wildman–Crippen MR) is 73.7 cm³/mol. The first kappa shape index (κ1) is 14.0. The van der Waals surface area contributed by atoms with Crippen LogP contribution in [0.4, 0.5) is 5.69 Å². The summed E-state index contributed by atoms with van der Waals surface area (Å²) >= 11 is 3.21. The molecule has 1 fully saturated rings. The molecule has 7 heteroatoms. The van der Waals surface area contributed by atoms with Crippen LogP contribution in [0.2, 0.25) is 0 Å². The van der Waals surface area contributed by atoms with Gasteiger partial charge < -0.3 is 10.6 Å². The smallest absolute Gasteiger partial charge is 0.275 e. The van der Waals surface area contributed by atoms with Crippen molar-refractivity contribution in [2.75, 3.05) is 6.54 Å². The summed E-state index contributed by atoms with van der Waals surface area (Å²) in [5.41, 5.74) is 0.629. The Labute approximate surface area is 118 Å². The van der Waals surface area contributed by atoms with E-state index in [1.54, 1.807) is 12.1 Å². The van der Waals surface area contributed by atoms with Crippen molar-refractivity contribution in [2.45, 2.75) is 25.4 Å². The third-order valence-corrected chi connectivity index (χ3v) is 3.56. The summed E-state index contributed by atoms with van der Waals surface area (Å²) in [6, 6.07) is 4.65. The quantitative estimate of drug-likeness (QED) is 0.651. The molecular formula is C12H14BrN3O3. The molecule has 0 radical (unpaired) electrons. The first-order valence-electron chi connectivity index (χ1n) is 6.02. The number of nitro groups is 1. The zero-order chi connectivity index (χ0) is 13.8. The SMILES string of the molecule is O=C1NCCCC1NCc1ccc(Br)cc1[N+](=O)[O-]. The fourth-order valence-corrected chi connectivity index (χ4v) is 2.41. The number of carbonyl (C=O) groups is 1. The molecule has 0 spiro atoms. The van der Waals surface area contributed by atoms with Crippen LogP contribution < -0.4 is 10.6 Å². The molecule has 2 N–H and O–H groups in total. The van der Waals surface area contributed by atoms with Crippen molar-refractivity contribution in [3.05, 3.63) is 38.3 Å². The largest absolute Gasteiger partial charge is 0.355 e. The van der Waals surface area contributed by atoms with Gasteiger partial charge in [-0.1, -0.05) is 15.9 Å². The van der Waals surface area contributed by atoms with Gasteiger partial charge in [0.05, 0.1) is 11.0 Å². The van der Waals surface area contributed by atoms with Crippen LogP contribution in [-0.4, -0.2) is 23.4 Å². The van der Waals surface area contributed by atoms with E-state index in [1.807, 2.05) is 0 Å². The molecule has 1 unspecified atom stereocenters. The van der Waals surface area contributed by atoms with Crippen LogP contribution >= 0.6 is 15.9 Å². The fourth-order valence-electron chi connectivity index (χ4n) is 2.06. The van der Waals surface area contributed by atoms with Gasteiger partial charge in [0, 0.05) is 29.2 Å². The fraction of sp³-hybridized carbons (Fsp3) is 0.417. The average molecular weight is 328 g/mol. The van der Waals surface area contributed by atoms with Crippen LogP contribution in [0.25, 0.3) is 0 Å². The van der Waals surface area contributed by atoms with E-state index in [2.05, 4.69) is 26.6 Å². The third-order valence-electron chi connectivity index (χ3n) is 3.07.